The first-order chi connectivity index (χ1) is 14.7. The van der Waals surface area contributed by atoms with Crippen molar-refractivity contribution in [3.63, 3.8) is 0 Å². The first-order valence-electron chi connectivity index (χ1n) is 10.7. The van der Waals surface area contributed by atoms with Crippen molar-refractivity contribution in [1.29, 1.82) is 0 Å². The first-order valence-corrected chi connectivity index (χ1v) is 10.7. The number of carbonyl (C=O) groups excluding carboxylic acids is 2. The van der Waals surface area contributed by atoms with E-state index in [2.05, 4.69) is 10.3 Å². The summed E-state index contributed by atoms with van der Waals surface area (Å²) in [4.78, 5) is 31.9. The normalized spacial score (nSPS) is 19.1. The van der Waals surface area contributed by atoms with Gasteiger partial charge in [0.2, 0.25) is 11.8 Å². The number of amides is 2. The van der Waals surface area contributed by atoms with Crippen LogP contribution >= 0.6 is 0 Å². The zero-order valence-corrected chi connectivity index (χ0v) is 16.8. The van der Waals surface area contributed by atoms with Crippen LogP contribution in [0.1, 0.15) is 43.1 Å². The average molecular weight is 403 g/mol. The molecule has 2 heterocycles. The molecular formula is C24H25N3O3. The molecule has 2 amide bonds. The zero-order chi connectivity index (χ0) is 20.5. The Morgan fingerprint density at radius 2 is 1.93 bits per heavy atom. The summed E-state index contributed by atoms with van der Waals surface area (Å²) in [6, 6.07) is 15.3. The lowest BCUT2D eigenvalue weighted by Gasteiger charge is -2.32. The number of benzene rings is 2. The predicted octanol–water partition coefficient (Wildman–Crippen LogP) is 4.13. The van der Waals surface area contributed by atoms with Crippen molar-refractivity contribution >= 4 is 28.6 Å². The Morgan fingerprint density at radius 1 is 1.10 bits per heavy atom. The Bertz CT molecular complexity index is 1070. The number of anilines is 1. The van der Waals surface area contributed by atoms with Gasteiger partial charge in [-0.15, -0.1) is 0 Å². The smallest absolute Gasteiger partial charge is 0.229 e. The molecule has 154 valence electrons. The van der Waals surface area contributed by atoms with Gasteiger partial charge in [-0.3, -0.25) is 9.59 Å². The first kappa shape index (κ1) is 18.9. The number of oxazole rings is 1. The highest BCUT2D eigenvalue weighted by Gasteiger charge is 2.30. The predicted molar refractivity (Wildman–Crippen MR) is 114 cm³/mol. The van der Waals surface area contributed by atoms with Crippen LogP contribution in [0.15, 0.2) is 52.9 Å². The second kappa shape index (κ2) is 7.94. The van der Waals surface area contributed by atoms with Crippen LogP contribution < -0.4 is 5.32 Å². The fraction of sp³-hybridized carbons (Fsp3) is 0.375. The molecule has 3 aromatic rings. The SMILES string of the molecule is O=C(Nc1ccc2oc(C3CC3)nc2c1)[C@@H]1CCCN(C(=O)Cc2ccccc2)C1. The van der Waals surface area contributed by atoms with Crippen LogP contribution in [-0.4, -0.2) is 34.8 Å². The number of nitrogens with one attached hydrogen (secondary N) is 1. The lowest BCUT2D eigenvalue weighted by Crippen LogP contribution is -2.44. The molecule has 1 aliphatic heterocycles. The Labute approximate surface area is 175 Å². The number of hydrogen-bond donors (Lipinski definition) is 1. The van der Waals surface area contributed by atoms with Gasteiger partial charge in [0.1, 0.15) is 5.52 Å². The molecule has 1 aromatic heterocycles. The average Bonchev–Trinajstić information content (AvgIpc) is 3.54. The summed E-state index contributed by atoms with van der Waals surface area (Å²) in [5, 5.41) is 3.01. The van der Waals surface area contributed by atoms with Crippen LogP contribution in [0, 0.1) is 5.92 Å². The van der Waals surface area contributed by atoms with Crippen LogP contribution in [0.3, 0.4) is 0 Å². The molecule has 0 bridgehead atoms. The monoisotopic (exact) mass is 403 g/mol. The van der Waals surface area contributed by atoms with Gasteiger partial charge in [-0.2, -0.15) is 0 Å². The summed E-state index contributed by atoms with van der Waals surface area (Å²) in [5.74, 6) is 1.09. The van der Waals surface area contributed by atoms with E-state index in [1.54, 1.807) is 0 Å². The van der Waals surface area contributed by atoms with Gasteiger partial charge in [0, 0.05) is 24.7 Å². The van der Waals surface area contributed by atoms with Gasteiger partial charge in [-0.05, 0) is 49.4 Å². The lowest BCUT2D eigenvalue weighted by molar-refractivity contribution is -0.133. The van der Waals surface area contributed by atoms with Gasteiger partial charge in [-0.1, -0.05) is 30.3 Å². The molecule has 1 N–H and O–H groups in total. The summed E-state index contributed by atoms with van der Waals surface area (Å²) in [6.45, 7) is 1.18. The highest BCUT2D eigenvalue weighted by Crippen LogP contribution is 2.40. The van der Waals surface area contributed by atoms with Crippen molar-refractivity contribution in [2.24, 2.45) is 5.92 Å². The summed E-state index contributed by atoms with van der Waals surface area (Å²) >= 11 is 0. The van der Waals surface area contributed by atoms with Crippen molar-refractivity contribution in [2.75, 3.05) is 18.4 Å². The molecule has 2 aliphatic rings. The molecule has 5 rings (SSSR count). The maximum Gasteiger partial charge on any atom is 0.229 e. The van der Waals surface area contributed by atoms with E-state index in [4.69, 9.17) is 4.42 Å². The number of carbonyl (C=O) groups is 2. The molecule has 6 heteroatoms. The van der Waals surface area contributed by atoms with E-state index < -0.39 is 0 Å². The van der Waals surface area contributed by atoms with E-state index in [-0.39, 0.29) is 17.7 Å². The van der Waals surface area contributed by atoms with Crippen molar-refractivity contribution in [1.82, 2.24) is 9.88 Å². The van der Waals surface area contributed by atoms with E-state index in [9.17, 15) is 9.59 Å². The summed E-state index contributed by atoms with van der Waals surface area (Å²) in [7, 11) is 0. The Hall–Kier alpha value is -3.15. The lowest BCUT2D eigenvalue weighted by atomic mass is 9.96. The standard InChI is InChI=1S/C24H25N3O3/c28-22(13-16-5-2-1-3-6-16)27-12-4-7-18(15-27)23(29)25-19-10-11-21-20(14-19)26-24(30-21)17-8-9-17/h1-3,5-6,10-11,14,17-18H,4,7-9,12-13,15H2,(H,25,29)/t18-/m1/s1. The fourth-order valence-electron chi connectivity index (χ4n) is 4.07. The molecule has 6 nitrogen and oxygen atoms in total. The number of hydrogen-bond acceptors (Lipinski definition) is 4. The number of aromatic nitrogens is 1. The van der Waals surface area contributed by atoms with Gasteiger partial charge >= 0.3 is 0 Å². The minimum Gasteiger partial charge on any atom is -0.440 e. The van der Waals surface area contributed by atoms with E-state index in [1.807, 2.05) is 53.4 Å². The second-order valence-corrected chi connectivity index (χ2v) is 8.34. The third-order valence-electron chi connectivity index (χ3n) is 5.94. The van der Waals surface area contributed by atoms with E-state index >= 15 is 0 Å². The topological polar surface area (TPSA) is 75.4 Å². The Morgan fingerprint density at radius 3 is 2.73 bits per heavy atom. The summed E-state index contributed by atoms with van der Waals surface area (Å²) < 4.78 is 5.79. The van der Waals surface area contributed by atoms with Gasteiger partial charge < -0.3 is 14.6 Å². The van der Waals surface area contributed by atoms with Crippen molar-refractivity contribution < 1.29 is 14.0 Å². The largest absolute Gasteiger partial charge is 0.440 e. The zero-order valence-electron chi connectivity index (χ0n) is 16.8. The van der Waals surface area contributed by atoms with E-state index in [1.165, 1.54) is 0 Å². The maximum atomic E-state index is 12.9. The summed E-state index contributed by atoms with van der Waals surface area (Å²) in [5.41, 5.74) is 3.25. The van der Waals surface area contributed by atoms with E-state index in [0.29, 0.717) is 25.4 Å². The molecule has 0 unspecified atom stereocenters. The maximum absolute atomic E-state index is 12.9. The molecule has 1 aliphatic carbocycles. The third-order valence-corrected chi connectivity index (χ3v) is 5.94. The third kappa shape index (κ3) is 4.08. The quantitative estimate of drug-likeness (QED) is 0.695. The van der Waals surface area contributed by atoms with E-state index in [0.717, 1.165) is 53.9 Å². The van der Waals surface area contributed by atoms with Crippen LogP contribution in [0.5, 0.6) is 0 Å². The van der Waals surface area contributed by atoms with Crippen LogP contribution in [0.25, 0.3) is 11.1 Å². The Kier molecular flexibility index (Phi) is 4.99. The van der Waals surface area contributed by atoms with Crippen molar-refractivity contribution in [3.05, 3.63) is 60.0 Å². The number of likely N-dealkylation sites (tertiary alicyclic amines) is 1. The van der Waals surface area contributed by atoms with Crippen molar-refractivity contribution in [2.45, 2.75) is 38.0 Å². The van der Waals surface area contributed by atoms with Gasteiger partial charge in [0.25, 0.3) is 0 Å². The number of nitrogens with zero attached hydrogens (tertiary/aromatic N) is 2. The molecule has 1 saturated heterocycles. The number of rotatable bonds is 5. The number of fused-ring (bicyclic) bond motifs is 1. The molecule has 0 spiro atoms. The Balaban J connectivity index is 1.22. The van der Waals surface area contributed by atoms with Crippen LogP contribution in [0.2, 0.25) is 0 Å². The minimum atomic E-state index is -0.200. The highest BCUT2D eigenvalue weighted by molar-refractivity contribution is 5.95. The fourth-order valence-corrected chi connectivity index (χ4v) is 4.07. The molecule has 1 saturated carbocycles. The molecule has 2 fully saturated rings. The minimum absolute atomic E-state index is 0.0440. The van der Waals surface area contributed by atoms with Crippen LogP contribution in [-0.2, 0) is 16.0 Å². The molecule has 0 radical (unpaired) electrons. The molecular weight excluding hydrogens is 378 g/mol. The van der Waals surface area contributed by atoms with Gasteiger partial charge in [0.05, 0.1) is 12.3 Å². The van der Waals surface area contributed by atoms with Gasteiger partial charge in [0.15, 0.2) is 11.5 Å². The highest BCUT2D eigenvalue weighted by atomic mass is 16.3. The van der Waals surface area contributed by atoms with Gasteiger partial charge in [-0.25, -0.2) is 4.98 Å². The second-order valence-electron chi connectivity index (χ2n) is 8.34. The molecule has 1 atom stereocenters. The number of piperidine rings is 1. The van der Waals surface area contributed by atoms with Crippen molar-refractivity contribution in [3.8, 4) is 0 Å². The molecule has 2 aromatic carbocycles. The van der Waals surface area contributed by atoms with Crippen LogP contribution in [0.4, 0.5) is 5.69 Å². The molecule has 30 heavy (non-hydrogen) atoms. The summed E-state index contributed by atoms with van der Waals surface area (Å²) in [6.07, 6.45) is 4.28.